The van der Waals surface area contributed by atoms with E-state index in [0.717, 1.165) is 57.9 Å². The van der Waals surface area contributed by atoms with Crippen molar-refractivity contribution in [1.29, 1.82) is 0 Å². The lowest BCUT2D eigenvalue weighted by molar-refractivity contribution is 0.0289. The van der Waals surface area contributed by atoms with Gasteiger partial charge in [-0.25, -0.2) is 4.39 Å². The zero-order valence-electron chi connectivity index (χ0n) is 17.2. The summed E-state index contributed by atoms with van der Waals surface area (Å²) in [6, 6.07) is 15.5. The van der Waals surface area contributed by atoms with Gasteiger partial charge in [0.05, 0.1) is 19.0 Å². The summed E-state index contributed by atoms with van der Waals surface area (Å²) in [5.74, 6) is -0.171. The number of fused-ring (bicyclic) bond motifs is 1. The summed E-state index contributed by atoms with van der Waals surface area (Å²) < 4.78 is 45.0. The van der Waals surface area contributed by atoms with Crippen molar-refractivity contribution in [1.82, 2.24) is 4.90 Å². The summed E-state index contributed by atoms with van der Waals surface area (Å²) in [5, 5.41) is 0. The lowest BCUT2D eigenvalue weighted by Crippen LogP contribution is -2.46. The highest BCUT2D eigenvalue weighted by Gasteiger charge is 2.23. The van der Waals surface area contributed by atoms with Gasteiger partial charge < -0.3 is 9.64 Å². The average Bonchev–Trinajstić information content (AvgIpc) is 2.72. The molecule has 2 aliphatic rings. The Hall–Kier alpha value is -2.00. The SMILES string of the molecule is CS(=O)(=O)O.Fc1ccc(N2CCN(CCC3OCCc4ccccc43)CC2)cc1. The van der Waals surface area contributed by atoms with Crippen LogP contribution < -0.4 is 4.90 Å². The van der Waals surface area contributed by atoms with Crippen LogP contribution >= 0.6 is 0 Å². The normalized spacial score (nSPS) is 19.6. The van der Waals surface area contributed by atoms with Gasteiger partial charge in [-0.1, -0.05) is 24.3 Å². The lowest BCUT2D eigenvalue weighted by atomic mass is 9.95. The van der Waals surface area contributed by atoms with Crippen molar-refractivity contribution in [2.24, 2.45) is 0 Å². The van der Waals surface area contributed by atoms with E-state index in [0.29, 0.717) is 6.26 Å². The van der Waals surface area contributed by atoms with E-state index >= 15 is 0 Å². The molecule has 0 aromatic heterocycles. The van der Waals surface area contributed by atoms with Gasteiger partial charge in [-0.05, 0) is 48.2 Å². The quantitative estimate of drug-likeness (QED) is 0.743. The highest BCUT2D eigenvalue weighted by atomic mass is 32.2. The molecule has 1 fully saturated rings. The Labute approximate surface area is 178 Å². The summed E-state index contributed by atoms with van der Waals surface area (Å²) in [7, 11) is -3.67. The molecule has 0 radical (unpaired) electrons. The molecule has 0 saturated carbocycles. The van der Waals surface area contributed by atoms with Crippen molar-refractivity contribution >= 4 is 15.8 Å². The first kappa shape index (κ1) is 22.7. The van der Waals surface area contributed by atoms with Crippen LogP contribution in [0.25, 0.3) is 0 Å². The predicted octanol–water partition coefficient (Wildman–Crippen LogP) is 3.16. The molecule has 2 heterocycles. The zero-order chi connectivity index (χ0) is 21.6. The molecule has 1 unspecified atom stereocenters. The van der Waals surface area contributed by atoms with E-state index in [9.17, 15) is 12.8 Å². The number of piperazine rings is 1. The molecule has 2 aliphatic heterocycles. The third-order valence-corrected chi connectivity index (χ3v) is 5.36. The van der Waals surface area contributed by atoms with Crippen molar-refractivity contribution < 1.29 is 22.1 Å². The number of halogens is 1. The summed E-state index contributed by atoms with van der Waals surface area (Å²) in [5.41, 5.74) is 3.93. The molecular weight excluding hydrogens is 407 g/mol. The van der Waals surface area contributed by atoms with Gasteiger partial charge in [-0.15, -0.1) is 0 Å². The minimum atomic E-state index is -3.67. The van der Waals surface area contributed by atoms with Crippen LogP contribution in [0.1, 0.15) is 23.7 Å². The lowest BCUT2D eigenvalue weighted by Gasteiger charge is -2.37. The zero-order valence-corrected chi connectivity index (χ0v) is 18.0. The molecule has 0 aliphatic carbocycles. The van der Waals surface area contributed by atoms with E-state index in [1.54, 1.807) is 12.1 Å². The van der Waals surface area contributed by atoms with Gasteiger partial charge >= 0.3 is 0 Å². The Morgan fingerprint density at radius 3 is 2.37 bits per heavy atom. The van der Waals surface area contributed by atoms with Crippen molar-refractivity contribution in [2.45, 2.75) is 18.9 Å². The number of hydrogen-bond donors (Lipinski definition) is 1. The Kier molecular flexibility index (Phi) is 7.82. The van der Waals surface area contributed by atoms with E-state index in [2.05, 4.69) is 34.1 Å². The van der Waals surface area contributed by atoms with Crippen LogP contribution in [0.3, 0.4) is 0 Å². The van der Waals surface area contributed by atoms with Crippen LogP contribution in [0.2, 0.25) is 0 Å². The largest absolute Gasteiger partial charge is 0.373 e. The smallest absolute Gasteiger partial charge is 0.261 e. The average molecular weight is 437 g/mol. The predicted molar refractivity (Wildman–Crippen MR) is 116 cm³/mol. The van der Waals surface area contributed by atoms with Gasteiger partial charge in [0, 0.05) is 38.4 Å². The van der Waals surface area contributed by atoms with Gasteiger partial charge in [0.2, 0.25) is 0 Å². The highest BCUT2D eigenvalue weighted by molar-refractivity contribution is 7.85. The maximum Gasteiger partial charge on any atom is 0.261 e. The fourth-order valence-electron chi connectivity index (χ4n) is 3.90. The fraction of sp³-hybridized carbons (Fsp3) is 0.455. The van der Waals surface area contributed by atoms with E-state index < -0.39 is 10.1 Å². The van der Waals surface area contributed by atoms with Crippen LogP contribution in [0.4, 0.5) is 10.1 Å². The van der Waals surface area contributed by atoms with Crippen LogP contribution in [-0.2, 0) is 21.3 Å². The Morgan fingerprint density at radius 1 is 1.07 bits per heavy atom. The van der Waals surface area contributed by atoms with Gasteiger partial charge in [0.15, 0.2) is 0 Å². The van der Waals surface area contributed by atoms with Gasteiger partial charge in [0.1, 0.15) is 5.82 Å². The molecule has 1 N–H and O–H groups in total. The number of anilines is 1. The van der Waals surface area contributed by atoms with Gasteiger partial charge in [0.25, 0.3) is 10.1 Å². The van der Waals surface area contributed by atoms with Crippen molar-refractivity contribution in [3.8, 4) is 0 Å². The molecule has 1 saturated heterocycles. The number of nitrogens with zero attached hydrogens (tertiary/aromatic N) is 2. The fourth-order valence-corrected chi connectivity index (χ4v) is 3.90. The van der Waals surface area contributed by atoms with Crippen molar-refractivity contribution in [3.05, 3.63) is 65.5 Å². The maximum absolute atomic E-state index is 13.1. The van der Waals surface area contributed by atoms with Crippen LogP contribution in [0.5, 0.6) is 0 Å². The van der Waals surface area contributed by atoms with Gasteiger partial charge in [-0.2, -0.15) is 8.42 Å². The molecule has 6 nitrogen and oxygen atoms in total. The molecule has 2 aromatic carbocycles. The van der Waals surface area contributed by atoms with Crippen LogP contribution in [0.15, 0.2) is 48.5 Å². The minimum Gasteiger partial charge on any atom is -0.373 e. The molecule has 164 valence electrons. The second kappa shape index (κ2) is 10.3. The van der Waals surface area contributed by atoms with E-state index in [4.69, 9.17) is 9.29 Å². The third-order valence-electron chi connectivity index (χ3n) is 5.36. The van der Waals surface area contributed by atoms with E-state index in [1.165, 1.54) is 11.1 Å². The van der Waals surface area contributed by atoms with Crippen molar-refractivity contribution in [2.75, 3.05) is 50.5 Å². The molecule has 8 heteroatoms. The second-order valence-electron chi connectivity index (χ2n) is 7.64. The third kappa shape index (κ3) is 7.05. The second-order valence-corrected chi connectivity index (χ2v) is 9.10. The molecule has 0 amide bonds. The molecular formula is C22H29FN2O4S. The molecule has 1 atom stereocenters. The maximum atomic E-state index is 13.1. The van der Waals surface area contributed by atoms with Crippen LogP contribution in [-0.4, -0.2) is 63.5 Å². The topological polar surface area (TPSA) is 70.1 Å². The monoisotopic (exact) mass is 436 g/mol. The van der Waals surface area contributed by atoms with E-state index in [-0.39, 0.29) is 11.9 Å². The number of rotatable bonds is 4. The molecule has 2 aromatic rings. The standard InChI is InChI=1S/C21H25FN2O.CH4O3S/c22-18-5-7-19(8-6-18)24-14-12-23(13-15-24)11-9-21-20-4-2-1-3-17(20)10-16-25-21;1-5(2,3)4/h1-8,21H,9-16H2;1H3,(H,2,3,4). The number of ether oxygens (including phenoxy) is 1. The Balaban J connectivity index is 0.000000461. The molecule has 30 heavy (non-hydrogen) atoms. The van der Waals surface area contributed by atoms with Gasteiger partial charge in [-0.3, -0.25) is 9.45 Å². The van der Waals surface area contributed by atoms with Crippen LogP contribution in [0, 0.1) is 5.82 Å². The minimum absolute atomic E-state index is 0.171. The molecule has 0 spiro atoms. The summed E-state index contributed by atoms with van der Waals surface area (Å²) in [4.78, 5) is 4.85. The first-order valence-corrected chi connectivity index (χ1v) is 12.0. The molecule has 4 rings (SSSR count). The van der Waals surface area contributed by atoms with E-state index in [1.807, 2.05) is 12.1 Å². The Bertz CT molecular complexity index is 905. The first-order chi connectivity index (χ1) is 14.3. The summed E-state index contributed by atoms with van der Waals surface area (Å²) in [6.45, 7) is 5.98. The Morgan fingerprint density at radius 2 is 1.70 bits per heavy atom. The number of hydrogen-bond acceptors (Lipinski definition) is 5. The number of benzene rings is 2. The summed E-state index contributed by atoms with van der Waals surface area (Å²) in [6.07, 6.45) is 3.03. The summed E-state index contributed by atoms with van der Waals surface area (Å²) >= 11 is 0. The molecule has 0 bridgehead atoms. The highest BCUT2D eigenvalue weighted by Crippen LogP contribution is 2.29. The van der Waals surface area contributed by atoms with Crippen molar-refractivity contribution in [3.63, 3.8) is 0 Å². The first-order valence-electron chi connectivity index (χ1n) is 10.1.